The van der Waals surface area contributed by atoms with Crippen molar-refractivity contribution in [3.05, 3.63) is 82.9 Å². The second-order valence-electron chi connectivity index (χ2n) is 8.88. The topological polar surface area (TPSA) is 55.8 Å². The zero-order chi connectivity index (χ0) is 26.2. The molecule has 2 aliphatic rings. The lowest BCUT2D eigenvalue weighted by atomic mass is 10.0. The maximum absolute atomic E-state index is 13.1. The van der Waals surface area contributed by atoms with Crippen molar-refractivity contribution < 1.29 is 32.2 Å². The molecule has 2 aliphatic heterocycles. The number of benzene rings is 3. The molecule has 5 rings (SSSR count). The zero-order valence-corrected chi connectivity index (χ0v) is 20.8. The van der Waals surface area contributed by atoms with E-state index in [4.69, 9.17) is 9.47 Å². The molecular formula is C28H24F3NO4S. The van der Waals surface area contributed by atoms with E-state index in [0.717, 1.165) is 51.6 Å². The second-order valence-corrected chi connectivity index (χ2v) is 9.99. The fourth-order valence-electron chi connectivity index (χ4n) is 4.60. The van der Waals surface area contributed by atoms with E-state index in [0.29, 0.717) is 17.9 Å². The van der Waals surface area contributed by atoms with Crippen LogP contribution in [0.1, 0.15) is 46.8 Å². The summed E-state index contributed by atoms with van der Waals surface area (Å²) in [5, 5.41) is 0. The van der Waals surface area contributed by atoms with Gasteiger partial charge in [-0.2, -0.15) is 13.2 Å². The van der Waals surface area contributed by atoms with Gasteiger partial charge in [0.1, 0.15) is 11.9 Å². The van der Waals surface area contributed by atoms with Crippen molar-refractivity contribution >= 4 is 29.3 Å². The summed E-state index contributed by atoms with van der Waals surface area (Å²) < 4.78 is 49.8. The van der Waals surface area contributed by atoms with Gasteiger partial charge in [0, 0.05) is 21.0 Å². The number of carbonyl (C=O) groups excluding carboxylic acids is 2. The standard InChI is InChI=1S/C28H24F3NO4S/c1-2-35-26(33)15-20-11-6-17-14-21(12-13-24(17)36-20)37-25-5-3-4-22-23(25)16-32(27(22)34)19-9-7-18(8-10-19)28(29,30)31/h3-5,7-10,12-14,20H,2,6,11,15-16H2,1H3. The number of aryl methyl sites for hydroxylation is 1. The van der Waals surface area contributed by atoms with E-state index in [2.05, 4.69) is 6.07 Å². The molecule has 1 amide bonds. The smallest absolute Gasteiger partial charge is 0.416 e. The molecule has 0 radical (unpaired) electrons. The van der Waals surface area contributed by atoms with Gasteiger partial charge in [-0.3, -0.25) is 9.59 Å². The van der Waals surface area contributed by atoms with E-state index in [9.17, 15) is 22.8 Å². The third-order valence-electron chi connectivity index (χ3n) is 6.42. The third kappa shape index (κ3) is 5.32. The molecule has 0 bridgehead atoms. The van der Waals surface area contributed by atoms with Gasteiger partial charge < -0.3 is 14.4 Å². The minimum Gasteiger partial charge on any atom is -0.490 e. The van der Waals surface area contributed by atoms with E-state index in [-0.39, 0.29) is 30.9 Å². The first-order chi connectivity index (χ1) is 17.7. The average Bonchev–Trinajstić information content (AvgIpc) is 3.21. The molecule has 0 aliphatic carbocycles. The molecule has 5 nitrogen and oxygen atoms in total. The number of carbonyl (C=O) groups is 2. The molecule has 3 aromatic rings. The number of esters is 1. The lowest BCUT2D eigenvalue weighted by Crippen LogP contribution is -2.26. The maximum Gasteiger partial charge on any atom is 0.416 e. The fraction of sp³-hybridized carbons (Fsp3) is 0.286. The van der Waals surface area contributed by atoms with Crippen LogP contribution in [0.25, 0.3) is 0 Å². The van der Waals surface area contributed by atoms with Gasteiger partial charge in [-0.15, -0.1) is 0 Å². The second kappa shape index (κ2) is 10.1. The summed E-state index contributed by atoms with van der Waals surface area (Å²) in [6.07, 6.45) is -2.91. The van der Waals surface area contributed by atoms with Crippen molar-refractivity contribution in [2.24, 2.45) is 0 Å². The Hall–Kier alpha value is -3.46. The molecule has 0 saturated carbocycles. The Kier molecular flexibility index (Phi) is 6.90. The van der Waals surface area contributed by atoms with Crippen LogP contribution in [0.15, 0.2) is 70.5 Å². The summed E-state index contributed by atoms with van der Waals surface area (Å²) in [7, 11) is 0. The van der Waals surface area contributed by atoms with Gasteiger partial charge >= 0.3 is 12.1 Å². The van der Waals surface area contributed by atoms with Crippen molar-refractivity contribution in [3.63, 3.8) is 0 Å². The minimum absolute atomic E-state index is 0.204. The highest BCUT2D eigenvalue weighted by molar-refractivity contribution is 7.99. The third-order valence-corrected chi connectivity index (χ3v) is 7.51. The van der Waals surface area contributed by atoms with Crippen LogP contribution in [0.3, 0.4) is 0 Å². The summed E-state index contributed by atoms with van der Waals surface area (Å²) in [5.41, 5.74) is 2.13. The summed E-state index contributed by atoms with van der Waals surface area (Å²) in [4.78, 5) is 28.3. The maximum atomic E-state index is 13.1. The number of hydrogen-bond donors (Lipinski definition) is 0. The zero-order valence-electron chi connectivity index (χ0n) is 20.0. The molecule has 0 saturated heterocycles. The van der Waals surface area contributed by atoms with Gasteiger partial charge in [0.25, 0.3) is 5.91 Å². The number of hydrogen-bond acceptors (Lipinski definition) is 5. The summed E-state index contributed by atoms with van der Waals surface area (Å²) >= 11 is 1.53. The normalized spacial score (nSPS) is 16.7. The van der Waals surface area contributed by atoms with E-state index < -0.39 is 11.7 Å². The fourth-order valence-corrected chi connectivity index (χ4v) is 5.64. The molecular weight excluding hydrogens is 503 g/mol. The van der Waals surface area contributed by atoms with E-state index in [1.54, 1.807) is 13.0 Å². The Morgan fingerprint density at radius 1 is 1.14 bits per heavy atom. The van der Waals surface area contributed by atoms with E-state index in [1.807, 2.05) is 24.3 Å². The van der Waals surface area contributed by atoms with E-state index >= 15 is 0 Å². The monoisotopic (exact) mass is 527 g/mol. The van der Waals surface area contributed by atoms with Crippen LogP contribution in [0.4, 0.5) is 18.9 Å². The molecule has 3 aromatic carbocycles. The highest BCUT2D eigenvalue weighted by Crippen LogP contribution is 2.40. The van der Waals surface area contributed by atoms with Crippen molar-refractivity contribution in [2.75, 3.05) is 11.5 Å². The van der Waals surface area contributed by atoms with E-state index in [1.165, 1.54) is 28.8 Å². The summed E-state index contributed by atoms with van der Waals surface area (Å²) in [6, 6.07) is 16.1. The quantitative estimate of drug-likeness (QED) is 0.336. The molecule has 0 aromatic heterocycles. The number of ether oxygens (including phenoxy) is 2. The molecule has 2 heterocycles. The minimum atomic E-state index is -4.43. The lowest BCUT2D eigenvalue weighted by Gasteiger charge is -2.26. The molecule has 9 heteroatoms. The number of amides is 1. The van der Waals surface area contributed by atoms with Crippen LogP contribution in [0, 0.1) is 0 Å². The number of rotatable bonds is 6. The van der Waals surface area contributed by atoms with Gasteiger partial charge in [0.15, 0.2) is 0 Å². The molecule has 0 spiro atoms. The number of anilines is 1. The molecule has 37 heavy (non-hydrogen) atoms. The van der Waals surface area contributed by atoms with Crippen LogP contribution >= 0.6 is 11.8 Å². The van der Waals surface area contributed by atoms with Crippen LogP contribution in [-0.4, -0.2) is 24.6 Å². The van der Waals surface area contributed by atoms with Gasteiger partial charge in [0.2, 0.25) is 0 Å². The predicted octanol–water partition coefficient (Wildman–Crippen LogP) is 6.66. The van der Waals surface area contributed by atoms with Gasteiger partial charge in [-0.1, -0.05) is 17.8 Å². The molecule has 0 N–H and O–H groups in total. The number of halogens is 3. The summed E-state index contributed by atoms with van der Waals surface area (Å²) in [6.45, 7) is 2.41. The van der Waals surface area contributed by atoms with Crippen molar-refractivity contribution in [3.8, 4) is 5.75 Å². The van der Waals surface area contributed by atoms with Crippen molar-refractivity contribution in [1.29, 1.82) is 0 Å². The first-order valence-corrected chi connectivity index (χ1v) is 12.8. The molecule has 1 atom stereocenters. The Morgan fingerprint density at radius 3 is 2.65 bits per heavy atom. The summed E-state index contributed by atoms with van der Waals surface area (Å²) in [5.74, 6) is 0.261. The lowest BCUT2D eigenvalue weighted by molar-refractivity contribution is -0.145. The first-order valence-electron chi connectivity index (χ1n) is 12.0. The van der Waals surface area contributed by atoms with Crippen LogP contribution in [0.5, 0.6) is 5.75 Å². The van der Waals surface area contributed by atoms with Crippen LogP contribution < -0.4 is 9.64 Å². The number of nitrogens with zero attached hydrogens (tertiary/aromatic N) is 1. The van der Waals surface area contributed by atoms with Crippen molar-refractivity contribution in [2.45, 2.75) is 54.8 Å². The molecule has 0 fully saturated rings. The molecule has 1 unspecified atom stereocenters. The Bertz CT molecular complexity index is 1340. The average molecular weight is 528 g/mol. The van der Waals surface area contributed by atoms with Gasteiger partial charge in [-0.05, 0) is 85.5 Å². The van der Waals surface area contributed by atoms with Crippen LogP contribution in [0.2, 0.25) is 0 Å². The molecule has 192 valence electrons. The first kappa shape index (κ1) is 25.2. The predicted molar refractivity (Wildman–Crippen MR) is 133 cm³/mol. The Balaban J connectivity index is 1.31. The SMILES string of the molecule is CCOC(=O)CC1CCc2cc(Sc3cccc4c3CN(c3ccc(C(F)(F)F)cc3)C4=O)ccc2O1. The van der Waals surface area contributed by atoms with Gasteiger partial charge in [-0.25, -0.2) is 0 Å². The highest BCUT2D eigenvalue weighted by atomic mass is 32.2. The highest BCUT2D eigenvalue weighted by Gasteiger charge is 2.33. The Morgan fingerprint density at radius 2 is 1.92 bits per heavy atom. The van der Waals surface area contributed by atoms with Gasteiger partial charge in [0.05, 0.1) is 25.1 Å². The number of alkyl halides is 3. The van der Waals surface area contributed by atoms with Crippen LogP contribution in [-0.2, 0) is 28.7 Å². The van der Waals surface area contributed by atoms with Crippen molar-refractivity contribution in [1.82, 2.24) is 0 Å². The Labute approximate surface area is 216 Å². The number of fused-ring (bicyclic) bond motifs is 2. The largest absolute Gasteiger partial charge is 0.490 e.